The average molecular weight is 691 g/mol. The number of benzene rings is 2. The number of hydrogen-bond donors (Lipinski definition) is 4. The fraction of sp³-hybridized carbons (Fsp3) is 0.485. The molecule has 12 nitrogen and oxygen atoms in total. The van der Waals surface area contributed by atoms with Crippen LogP contribution in [0.3, 0.4) is 0 Å². The standard InChI is InChI=1S/C33H43N7O5.2ClH/c1-20(41)33(36,24-7-4-22(5-8-24)32(42)43)40-29-13-6-23(31(35)37-3)18-28(29)38-30(40)19-44-25-9-11-26(12-10-25)45-27-14-16-39(17-15-27)21(2)34;;/h6,9-13,18,22,24,27,34H,4-5,7-8,14-17,19,36H2,1-3H3,(H2,35,37)(H,42,43);2*1H. The molecule has 1 unspecified atom stereocenters. The number of carbonyl (C=O) groups is 2. The highest BCUT2D eigenvalue weighted by Crippen LogP contribution is 2.40. The van der Waals surface area contributed by atoms with Crippen molar-refractivity contribution < 1.29 is 24.2 Å². The third-order valence-electron chi connectivity index (χ3n) is 9.30. The van der Waals surface area contributed by atoms with Crippen LogP contribution in [0.5, 0.6) is 11.5 Å². The molecule has 1 saturated heterocycles. The molecule has 1 aliphatic heterocycles. The van der Waals surface area contributed by atoms with Crippen LogP contribution < -0.4 is 20.9 Å². The number of ketones is 1. The number of nitrogens with two attached hydrogens (primary N) is 2. The molecule has 47 heavy (non-hydrogen) atoms. The van der Waals surface area contributed by atoms with Crippen molar-refractivity contribution in [2.24, 2.45) is 28.3 Å². The number of nitrogens with zero attached hydrogens (tertiary/aromatic N) is 4. The number of carboxylic acids is 1. The van der Waals surface area contributed by atoms with Gasteiger partial charge in [-0.3, -0.25) is 24.6 Å². The zero-order valence-corrected chi connectivity index (χ0v) is 28.6. The minimum atomic E-state index is -1.45. The number of fused-ring (bicyclic) bond motifs is 1. The summed E-state index contributed by atoms with van der Waals surface area (Å²) < 4.78 is 14.2. The Bertz CT molecular complexity index is 1600. The summed E-state index contributed by atoms with van der Waals surface area (Å²) >= 11 is 0. The molecule has 0 spiro atoms. The number of ether oxygens (including phenoxy) is 2. The molecule has 0 bridgehead atoms. The lowest BCUT2D eigenvalue weighted by Crippen LogP contribution is -2.56. The predicted molar refractivity (Wildman–Crippen MR) is 186 cm³/mol. The van der Waals surface area contributed by atoms with Gasteiger partial charge in [-0.15, -0.1) is 24.8 Å². The van der Waals surface area contributed by atoms with Crippen LogP contribution >= 0.6 is 24.8 Å². The molecule has 2 heterocycles. The number of aromatic nitrogens is 2. The van der Waals surface area contributed by atoms with Crippen LogP contribution in [0, 0.1) is 17.2 Å². The number of rotatable bonds is 10. The number of carboxylic acid groups (broad SMARTS) is 1. The fourth-order valence-corrected chi connectivity index (χ4v) is 6.60. The lowest BCUT2D eigenvalue weighted by Gasteiger charge is -2.41. The van der Waals surface area contributed by atoms with Crippen molar-refractivity contribution >= 4 is 59.3 Å². The van der Waals surface area contributed by atoms with Gasteiger partial charge >= 0.3 is 5.97 Å². The van der Waals surface area contributed by atoms with Crippen molar-refractivity contribution in [2.45, 2.75) is 70.7 Å². The smallest absolute Gasteiger partial charge is 0.306 e. The molecular formula is C33H45Cl2N7O5. The van der Waals surface area contributed by atoms with Gasteiger partial charge in [0.15, 0.2) is 11.4 Å². The van der Waals surface area contributed by atoms with Gasteiger partial charge in [-0.1, -0.05) is 0 Å². The molecule has 6 N–H and O–H groups in total. The monoisotopic (exact) mass is 689 g/mol. The molecule has 2 aromatic carbocycles. The molecular weight excluding hydrogens is 645 g/mol. The second kappa shape index (κ2) is 15.8. The van der Waals surface area contributed by atoms with Crippen LogP contribution in [0.4, 0.5) is 0 Å². The molecule has 256 valence electrons. The molecule has 1 aliphatic carbocycles. The molecule has 1 aromatic heterocycles. The molecule has 2 fully saturated rings. The molecule has 3 aromatic rings. The third-order valence-corrected chi connectivity index (χ3v) is 9.30. The van der Waals surface area contributed by atoms with E-state index in [2.05, 4.69) is 9.89 Å². The Balaban J connectivity index is 0.00000300. The Morgan fingerprint density at radius 1 is 1.02 bits per heavy atom. The number of aliphatic carboxylic acids is 1. The summed E-state index contributed by atoms with van der Waals surface area (Å²) in [7, 11) is 1.61. The lowest BCUT2D eigenvalue weighted by molar-refractivity contribution is -0.143. The van der Waals surface area contributed by atoms with Crippen LogP contribution in [-0.2, 0) is 21.9 Å². The SMILES string of the molecule is CN=C(N)c1ccc2c(c1)nc(COc1ccc(OC3CCN(C(C)=N)CC3)cc1)n2C(N)(C(C)=O)C1CCC(C(=O)O)CC1.Cl.Cl. The van der Waals surface area contributed by atoms with E-state index in [0.717, 1.165) is 31.7 Å². The largest absolute Gasteiger partial charge is 0.490 e. The summed E-state index contributed by atoms with van der Waals surface area (Å²) in [6, 6.07) is 12.9. The number of carbonyl (C=O) groups excluding carboxylic acids is 1. The number of hydrogen-bond acceptors (Lipinski definition) is 8. The number of imidazole rings is 1. The number of amidine groups is 2. The predicted octanol–water partition coefficient (Wildman–Crippen LogP) is 4.73. The van der Waals surface area contributed by atoms with Gasteiger partial charge in [0.05, 0.1) is 22.8 Å². The minimum Gasteiger partial charge on any atom is -0.490 e. The number of aliphatic imine (C=N–C) groups is 1. The first-order chi connectivity index (χ1) is 21.5. The molecule has 14 heteroatoms. The first kappa shape index (κ1) is 37.6. The second-order valence-electron chi connectivity index (χ2n) is 12.1. The first-order valence-corrected chi connectivity index (χ1v) is 15.5. The van der Waals surface area contributed by atoms with E-state index < -0.39 is 17.6 Å². The number of piperidine rings is 1. The Labute approximate surface area is 287 Å². The van der Waals surface area contributed by atoms with Gasteiger partial charge in [0, 0.05) is 44.5 Å². The Kier molecular flexibility index (Phi) is 12.6. The van der Waals surface area contributed by atoms with Crippen LogP contribution in [-0.4, -0.2) is 69.2 Å². The van der Waals surface area contributed by atoms with E-state index in [1.165, 1.54) is 6.92 Å². The summed E-state index contributed by atoms with van der Waals surface area (Å²) in [5, 5.41) is 17.4. The summed E-state index contributed by atoms with van der Waals surface area (Å²) in [5.41, 5.74) is 13.7. The highest BCUT2D eigenvalue weighted by molar-refractivity contribution is 6.00. The molecule has 5 rings (SSSR count). The van der Waals surface area contributed by atoms with Crippen molar-refractivity contribution in [2.75, 3.05) is 20.1 Å². The molecule has 1 saturated carbocycles. The van der Waals surface area contributed by atoms with Crippen molar-refractivity contribution in [3.63, 3.8) is 0 Å². The van der Waals surface area contributed by atoms with Gasteiger partial charge in [0.1, 0.15) is 35.9 Å². The van der Waals surface area contributed by atoms with Gasteiger partial charge in [-0.25, -0.2) is 4.98 Å². The first-order valence-electron chi connectivity index (χ1n) is 15.5. The maximum Gasteiger partial charge on any atom is 0.306 e. The lowest BCUT2D eigenvalue weighted by atomic mass is 9.74. The van der Waals surface area contributed by atoms with Gasteiger partial charge in [-0.05, 0) is 82.0 Å². The zero-order chi connectivity index (χ0) is 32.3. The van der Waals surface area contributed by atoms with Crippen LogP contribution in [0.2, 0.25) is 0 Å². The second-order valence-corrected chi connectivity index (χ2v) is 12.1. The van der Waals surface area contributed by atoms with E-state index in [9.17, 15) is 14.7 Å². The maximum atomic E-state index is 13.4. The molecule has 0 radical (unpaired) electrons. The quantitative estimate of drug-likeness (QED) is 0.173. The van der Waals surface area contributed by atoms with E-state index in [0.29, 0.717) is 65.5 Å². The van der Waals surface area contributed by atoms with Crippen molar-refractivity contribution in [3.05, 3.63) is 53.9 Å². The van der Waals surface area contributed by atoms with Crippen molar-refractivity contribution in [1.82, 2.24) is 14.5 Å². The number of Topliss-reactive ketones (excluding diaryl/α,β-unsaturated/α-hetero) is 1. The van der Waals surface area contributed by atoms with Gasteiger partial charge < -0.3 is 30.9 Å². The van der Waals surface area contributed by atoms with Crippen LogP contribution in [0.15, 0.2) is 47.5 Å². The Morgan fingerprint density at radius 3 is 2.19 bits per heavy atom. The van der Waals surface area contributed by atoms with Gasteiger partial charge in [0.2, 0.25) is 0 Å². The normalized spacial score (nSPS) is 20.0. The van der Waals surface area contributed by atoms with Crippen LogP contribution in [0.25, 0.3) is 11.0 Å². The highest BCUT2D eigenvalue weighted by atomic mass is 35.5. The van der Waals surface area contributed by atoms with E-state index in [-0.39, 0.29) is 49.2 Å². The molecule has 0 amide bonds. The molecule has 2 aliphatic rings. The van der Waals surface area contributed by atoms with Gasteiger partial charge in [0.25, 0.3) is 0 Å². The number of halogens is 2. The highest BCUT2D eigenvalue weighted by Gasteiger charge is 2.46. The van der Waals surface area contributed by atoms with E-state index in [1.807, 2.05) is 49.4 Å². The summed E-state index contributed by atoms with van der Waals surface area (Å²) in [4.78, 5) is 36.1. The summed E-state index contributed by atoms with van der Waals surface area (Å²) in [6.07, 6.45) is 3.72. The summed E-state index contributed by atoms with van der Waals surface area (Å²) in [5.74, 6) is 0.998. The zero-order valence-electron chi connectivity index (χ0n) is 27.0. The Hall–Kier alpha value is -3.87. The van der Waals surface area contributed by atoms with Crippen molar-refractivity contribution in [1.29, 1.82) is 5.41 Å². The van der Waals surface area contributed by atoms with Gasteiger partial charge in [-0.2, -0.15) is 0 Å². The Morgan fingerprint density at radius 2 is 1.64 bits per heavy atom. The van der Waals surface area contributed by atoms with Crippen molar-refractivity contribution in [3.8, 4) is 11.5 Å². The van der Waals surface area contributed by atoms with Crippen LogP contribution in [0.1, 0.15) is 63.8 Å². The maximum absolute atomic E-state index is 13.4. The topological polar surface area (TPSA) is 182 Å². The number of likely N-dealkylation sites (tertiary alicyclic amines) is 1. The summed E-state index contributed by atoms with van der Waals surface area (Å²) in [6.45, 7) is 4.95. The minimum absolute atomic E-state index is 0. The van der Waals surface area contributed by atoms with E-state index in [1.54, 1.807) is 11.6 Å². The third kappa shape index (κ3) is 7.99. The van der Waals surface area contributed by atoms with E-state index >= 15 is 0 Å². The molecule has 1 atom stereocenters. The van der Waals surface area contributed by atoms with E-state index in [4.69, 9.17) is 31.3 Å². The average Bonchev–Trinajstić information content (AvgIpc) is 3.42. The number of nitrogens with one attached hydrogen (secondary N) is 1. The fourth-order valence-electron chi connectivity index (χ4n) is 6.60.